The molecule has 1 heterocycles. The molecule has 4 nitrogen and oxygen atoms in total. The van der Waals surface area contributed by atoms with Gasteiger partial charge in [-0.25, -0.2) is 0 Å². The predicted octanol–water partition coefficient (Wildman–Crippen LogP) is 0.311. The number of primary amides is 1. The van der Waals surface area contributed by atoms with Crippen LogP contribution in [0.15, 0.2) is 0 Å². The van der Waals surface area contributed by atoms with E-state index in [0.717, 1.165) is 26.1 Å². The van der Waals surface area contributed by atoms with Crippen molar-refractivity contribution >= 4 is 5.91 Å². The number of piperidine rings is 1. The van der Waals surface area contributed by atoms with Gasteiger partial charge in [-0.2, -0.15) is 0 Å². The Bertz CT molecular complexity index is 206. The van der Waals surface area contributed by atoms with Gasteiger partial charge in [-0.15, -0.1) is 0 Å². The summed E-state index contributed by atoms with van der Waals surface area (Å²) < 4.78 is 0. The van der Waals surface area contributed by atoms with Crippen LogP contribution in [0.3, 0.4) is 0 Å². The van der Waals surface area contributed by atoms with Gasteiger partial charge in [0.05, 0.1) is 0 Å². The monoisotopic (exact) mass is 213 g/mol. The molecule has 0 aromatic rings. The Kier molecular flexibility index (Phi) is 5.05. The number of hydrogen-bond donors (Lipinski definition) is 2. The van der Waals surface area contributed by atoms with Crippen LogP contribution in [0.5, 0.6) is 0 Å². The summed E-state index contributed by atoms with van der Waals surface area (Å²) in [6.45, 7) is 5.23. The van der Waals surface area contributed by atoms with E-state index in [9.17, 15) is 4.79 Å². The van der Waals surface area contributed by atoms with Crippen molar-refractivity contribution in [1.29, 1.82) is 0 Å². The lowest BCUT2D eigenvalue weighted by molar-refractivity contribution is -0.118. The molecule has 2 atom stereocenters. The lowest BCUT2D eigenvalue weighted by Crippen LogP contribution is -2.42. The molecule has 0 aromatic heterocycles. The first-order valence-electron chi connectivity index (χ1n) is 5.84. The minimum absolute atomic E-state index is 0.181. The molecular formula is C11H23N3O. The molecule has 0 saturated carbocycles. The molecule has 0 aliphatic carbocycles. The van der Waals surface area contributed by atoms with Crippen molar-refractivity contribution in [3.8, 4) is 0 Å². The zero-order chi connectivity index (χ0) is 11.3. The fourth-order valence-corrected chi connectivity index (χ4v) is 2.31. The number of hydrogen-bond acceptors (Lipinski definition) is 3. The number of amides is 1. The maximum absolute atomic E-state index is 10.7. The van der Waals surface area contributed by atoms with E-state index in [4.69, 9.17) is 11.5 Å². The fourth-order valence-electron chi connectivity index (χ4n) is 2.31. The molecular weight excluding hydrogens is 190 g/mol. The van der Waals surface area contributed by atoms with Gasteiger partial charge in [0.1, 0.15) is 0 Å². The number of nitrogens with two attached hydrogens (primary N) is 2. The first-order valence-corrected chi connectivity index (χ1v) is 5.84. The molecule has 2 unspecified atom stereocenters. The Morgan fingerprint density at radius 2 is 2.33 bits per heavy atom. The van der Waals surface area contributed by atoms with Crippen LogP contribution in [0, 0.1) is 5.92 Å². The van der Waals surface area contributed by atoms with Crippen molar-refractivity contribution in [3.63, 3.8) is 0 Å². The molecule has 0 aromatic carbocycles. The number of likely N-dealkylation sites (tertiary alicyclic amines) is 1. The predicted molar refractivity (Wildman–Crippen MR) is 61.2 cm³/mol. The number of rotatable bonds is 5. The van der Waals surface area contributed by atoms with Gasteiger partial charge in [0.15, 0.2) is 0 Å². The van der Waals surface area contributed by atoms with Crippen molar-refractivity contribution in [2.75, 3.05) is 19.6 Å². The van der Waals surface area contributed by atoms with Gasteiger partial charge in [0, 0.05) is 25.6 Å². The molecule has 0 bridgehead atoms. The average Bonchev–Trinajstić information content (AvgIpc) is 2.14. The normalized spacial score (nSPS) is 25.1. The van der Waals surface area contributed by atoms with E-state index in [1.165, 1.54) is 12.8 Å². The van der Waals surface area contributed by atoms with Crippen molar-refractivity contribution in [2.24, 2.45) is 17.4 Å². The van der Waals surface area contributed by atoms with Crippen molar-refractivity contribution in [3.05, 3.63) is 0 Å². The summed E-state index contributed by atoms with van der Waals surface area (Å²) in [7, 11) is 0. The van der Waals surface area contributed by atoms with Gasteiger partial charge in [-0.1, -0.05) is 0 Å². The third-order valence-electron chi connectivity index (χ3n) is 2.95. The highest BCUT2D eigenvalue weighted by Crippen LogP contribution is 2.20. The average molecular weight is 213 g/mol. The first-order chi connectivity index (χ1) is 7.08. The van der Waals surface area contributed by atoms with Crippen LogP contribution in [-0.2, 0) is 4.79 Å². The Morgan fingerprint density at radius 3 is 2.93 bits per heavy atom. The third kappa shape index (κ3) is 5.14. The van der Waals surface area contributed by atoms with Gasteiger partial charge in [0.25, 0.3) is 0 Å². The molecule has 1 aliphatic heterocycles. The molecule has 0 radical (unpaired) electrons. The highest BCUT2D eigenvalue weighted by molar-refractivity contribution is 5.73. The summed E-state index contributed by atoms with van der Waals surface area (Å²) in [6, 6.07) is 0.236. The van der Waals surface area contributed by atoms with Gasteiger partial charge in [-0.3, -0.25) is 4.79 Å². The lowest BCUT2D eigenvalue weighted by Gasteiger charge is -2.33. The molecule has 1 fully saturated rings. The lowest BCUT2D eigenvalue weighted by atomic mass is 9.93. The Hall–Kier alpha value is -0.610. The van der Waals surface area contributed by atoms with Gasteiger partial charge < -0.3 is 16.4 Å². The second kappa shape index (κ2) is 6.08. The quantitative estimate of drug-likeness (QED) is 0.690. The molecule has 1 aliphatic rings. The smallest absolute Gasteiger partial charge is 0.217 e. The van der Waals surface area contributed by atoms with Gasteiger partial charge in [-0.05, 0) is 38.6 Å². The number of carbonyl (C=O) groups is 1. The summed E-state index contributed by atoms with van der Waals surface area (Å²) >= 11 is 0. The van der Waals surface area contributed by atoms with E-state index in [2.05, 4.69) is 4.90 Å². The highest BCUT2D eigenvalue weighted by atomic mass is 16.1. The van der Waals surface area contributed by atoms with E-state index in [1.807, 2.05) is 6.92 Å². The summed E-state index contributed by atoms with van der Waals surface area (Å²) in [5.41, 5.74) is 10.9. The topological polar surface area (TPSA) is 72.3 Å². The van der Waals surface area contributed by atoms with Gasteiger partial charge in [0.2, 0.25) is 5.91 Å². The molecule has 4 heteroatoms. The van der Waals surface area contributed by atoms with E-state index in [0.29, 0.717) is 12.3 Å². The van der Waals surface area contributed by atoms with Crippen LogP contribution < -0.4 is 11.5 Å². The molecule has 1 saturated heterocycles. The van der Waals surface area contributed by atoms with Crippen LogP contribution in [-0.4, -0.2) is 36.5 Å². The summed E-state index contributed by atoms with van der Waals surface area (Å²) in [4.78, 5) is 13.1. The Morgan fingerprint density at radius 1 is 1.60 bits per heavy atom. The van der Waals surface area contributed by atoms with Crippen molar-refractivity contribution < 1.29 is 4.79 Å². The maximum atomic E-state index is 10.7. The first kappa shape index (κ1) is 12.5. The largest absolute Gasteiger partial charge is 0.370 e. The molecule has 1 amide bonds. The zero-order valence-corrected chi connectivity index (χ0v) is 9.61. The minimum Gasteiger partial charge on any atom is -0.370 e. The number of nitrogens with zero attached hydrogens (tertiary/aromatic N) is 1. The van der Waals surface area contributed by atoms with Crippen LogP contribution in [0.4, 0.5) is 0 Å². The van der Waals surface area contributed by atoms with Crippen LogP contribution in [0.1, 0.15) is 32.6 Å². The summed E-state index contributed by atoms with van der Waals surface area (Å²) in [5, 5.41) is 0. The number of carbonyl (C=O) groups excluding carboxylic acids is 1. The maximum Gasteiger partial charge on any atom is 0.217 e. The molecule has 0 spiro atoms. The summed E-state index contributed by atoms with van der Waals surface area (Å²) in [5.74, 6) is 0.448. The molecule has 15 heavy (non-hydrogen) atoms. The molecule has 4 N–H and O–H groups in total. The fraction of sp³-hybridized carbons (Fsp3) is 0.909. The van der Waals surface area contributed by atoms with E-state index in [-0.39, 0.29) is 11.9 Å². The second-order valence-electron chi connectivity index (χ2n) is 4.75. The third-order valence-corrected chi connectivity index (χ3v) is 2.95. The van der Waals surface area contributed by atoms with Crippen LogP contribution in [0.25, 0.3) is 0 Å². The zero-order valence-electron chi connectivity index (χ0n) is 9.61. The Labute approximate surface area is 92.0 Å². The highest BCUT2D eigenvalue weighted by Gasteiger charge is 2.20. The van der Waals surface area contributed by atoms with E-state index >= 15 is 0 Å². The SMILES string of the molecule is CC(N)CN1CCCC(CCC(N)=O)C1. The minimum atomic E-state index is -0.181. The second-order valence-corrected chi connectivity index (χ2v) is 4.75. The molecule has 88 valence electrons. The summed E-state index contributed by atoms with van der Waals surface area (Å²) in [6.07, 6.45) is 3.90. The standard InChI is InChI=1S/C11H23N3O/c1-9(12)7-14-6-2-3-10(8-14)4-5-11(13)15/h9-10H,2-8,12H2,1H3,(H2,13,15). The molecule has 1 rings (SSSR count). The van der Waals surface area contributed by atoms with E-state index < -0.39 is 0 Å². The van der Waals surface area contributed by atoms with Crippen LogP contribution in [0.2, 0.25) is 0 Å². The van der Waals surface area contributed by atoms with Crippen LogP contribution >= 0.6 is 0 Å². The van der Waals surface area contributed by atoms with E-state index in [1.54, 1.807) is 0 Å². The van der Waals surface area contributed by atoms with Crippen molar-refractivity contribution in [2.45, 2.75) is 38.6 Å². The van der Waals surface area contributed by atoms with Gasteiger partial charge >= 0.3 is 0 Å². The Balaban J connectivity index is 2.25. The van der Waals surface area contributed by atoms with Crippen molar-refractivity contribution in [1.82, 2.24) is 4.90 Å².